The van der Waals surface area contributed by atoms with Crippen LogP contribution < -0.4 is 5.32 Å². The molecule has 2 heterocycles. The highest BCUT2D eigenvalue weighted by molar-refractivity contribution is 6.02. The summed E-state index contributed by atoms with van der Waals surface area (Å²) >= 11 is 0. The smallest absolute Gasteiger partial charge is 0.339 e. The Morgan fingerprint density at radius 3 is 2.58 bits per heavy atom. The quantitative estimate of drug-likeness (QED) is 0.715. The van der Waals surface area contributed by atoms with Crippen molar-refractivity contribution in [3.05, 3.63) is 77.2 Å². The third-order valence-corrected chi connectivity index (χ3v) is 3.74. The number of methoxy groups -OCH3 is 1. The van der Waals surface area contributed by atoms with Gasteiger partial charge in [-0.1, -0.05) is 30.3 Å². The molecule has 3 rings (SSSR count). The zero-order valence-corrected chi connectivity index (χ0v) is 14.5. The van der Waals surface area contributed by atoms with E-state index in [0.29, 0.717) is 12.4 Å². The number of benzene rings is 1. The second-order valence-corrected chi connectivity index (χ2v) is 5.69. The van der Waals surface area contributed by atoms with E-state index in [1.54, 1.807) is 10.7 Å². The summed E-state index contributed by atoms with van der Waals surface area (Å²) in [7, 11) is 1.29. The molecule has 7 nitrogen and oxygen atoms in total. The molecule has 0 fully saturated rings. The second-order valence-electron chi connectivity index (χ2n) is 5.69. The summed E-state index contributed by atoms with van der Waals surface area (Å²) in [5.74, 6) is -0.299. The average molecular weight is 350 g/mol. The van der Waals surface area contributed by atoms with Crippen LogP contribution >= 0.6 is 0 Å². The Balaban J connectivity index is 1.76. The number of aryl methyl sites for hydroxylation is 1. The summed E-state index contributed by atoms with van der Waals surface area (Å²) < 4.78 is 6.34. The van der Waals surface area contributed by atoms with Gasteiger partial charge in [-0.25, -0.2) is 9.48 Å². The predicted molar refractivity (Wildman–Crippen MR) is 96.0 cm³/mol. The molecule has 0 bridgehead atoms. The summed E-state index contributed by atoms with van der Waals surface area (Å²) in [4.78, 5) is 27.9. The SMILES string of the molecule is COC(=O)c1ccc(C(=O)Nc2cc(C)nn2Cc2ccccc2)nc1. The van der Waals surface area contributed by atoms with Crippen LogP contribution in [0.2, 0.25) is 0 Å². The molecule has 7 heteroatoms. The Bertz CT molecular complexity index is 918. The molecule has 132 valence electrons. The minimum absolute atomic E-state index is 0.197. The minimum atomic E-state index is -0.499. The van der Waals surface area contributed by atoms with Gasteiger partial charge in [-0.05, 0) is 24.6 Å². The van der Waals surface area contributed by atoms with Crippen molar-refractivity contribution in [2.75, 3.05) is 12.4 Å². The van der Waals surface area contributed by atoms with E-state index < -0.39 is 5.97 Å². The first kappa shape index (κ1) is 17.3. The number of carbonyl (C=O) groups is 2. The van der Waals surface area contributed by atoms with Gasteiger partial charge in [-0.3, -0.25) is 9.78 Å². The van der Waals surface area contributed by atoms with Gasteiger partial charge in [0.05, 0.1) is 24.9 Å². The molecule has 0 aliphatic carbocycles. The van der Waals surface area contributed by atoms with Crippen LogP contribution in [-0.4, -0.2) is 33.8 Å². The number of hydrogen-bond donors (Lipinski definition) is 1. The van der Waals surface area contributed by atoms with Crippen molar-refractivity contribution in [1.29, 1.82) is 0 Å². The lowest BCUT2D eigenvalue weighted by Gasteiger charge is -2.09. The fraction of sp³-hybridized carbons (Fsp3) is 0.158. The van der Waals surface area contributed by atoms with Gasteiger partial charge in [0.25, 0.3) is 5.91 Å². The molecular weight excluding hydrogens is 332 g/mol. The van der Waals surface area contributed by atoms with Crippen LogP contribution in [0.25, 0.3) is 0 Å². The maximum Gasteiger partial charge on any atom is 0.339 e. The lowest BCUT2D eigenvalue weighted by atomic mass is 10.2. The zero-order valence-electron chi connectivity index (χ0n) is 14.5. The standard InChI is InChI=1S/C19H18N4O3/c1-13-10-17(23(22-13)12-14-6-4-3-5-7-14)21-18(24)16-9-8-15(11-20-16)19(25)26-2/h3-11H,12H2,1-2H3,(H,21,24). The van der Waals surface area contributed by atoms with Crippen LogP contribution in [0.5, 0.6) is 0 Å². The lowest BCUT2D eigenvalue weighted by molar-refractivity contribution is 0.0600. The van der Waals surface area contributed by atoms with Gasteiger partial charge >= 0.3 is 5.97 Å². The summed E-state index contributed by atoms with van der Waals surface area (Å²) in [6.45, 7) is 2.40. The number of pyridine rings is 1. The van der Waals surface area contributed by atoms with Gasteiger partial charge in [0.15, 0.2) is 0 Å². The number of hydrogen-bond acceptors (Lipinski definition) is 5. The van der Waals surface area contributed by atoms with Crippen LogP contribution in [0, 0.1) is 6.92 Å². The molecule has 0 saturated heterocycles. The number of rotatable bonds is 5. The largest absolute Gasteiger partial charge is 0.465 e. The Labute approximate surface area is 150 Å². The Hall–Kier alpha value is -3.48. The van der Waals surface area contributed by atoms with E-state index in [1.807, 2.05) is 37.3 Å². The molecule has 2 aromatic heterocycles. The number of esters is 1. The van der Waals surface area contributed by atoms with E-state index in [2.05, 4.69) is 20.1 Å². The monoisotopic (exact) mass is 350 g/mol. The minimum Gasteiger partial charge on any atom is -0.465 e. The molecule has 1 aromatic carbocycles. The molecule has 1 amide bonds. The third kappa shape index (κ3) is 3.94. The molecule has 0 radical (unpaired) electrons. The Kier molecular flexibility index (Phi) is 5.07. The topological polar surface area (TPSA) is 86.1 Å². The van der Waals surface area contributed by atoms with Crippen molar-refractivity contribution in [2.45, 2.75) is 13.5 Å². The van der Waals surface area contributed by atoms with E-state index in [9.17, 15) is 9.59 Å². The maximum absolute atomic E-state index is 12.4. The Morgan fingerprint density at radius 1 is 1.15 bits per heavy atom. The molecular formula is C19H18N4O3. The van der Waals surface area contributed by atoms with Crippen LogP contribution in [-0.2, 0) is 11.3 Å². The highest BCUT2D eigenvalue weighted by Crippen LogP contribution is 2.14. The van der Waals surface area contributed by atoms with E-state index in [4.69, 9.17) is 0 Å². The molecule has 0 aliphatic rings. The maximum atomic E-state index is 12.4. The first-order valence-electron chi connectivity index (χ1n) is 8.01. The summed E-state index contributed by atoms with van der Waals surface area (Å²) in [6.07, 6.45) is 1.31. The van der Waals surface area contributed by atoms with Crippen molar-refractivity contribution in [3.8, 4) is 0 Å². The highest BCUT2D eigenvalue weighted by atomic mass is 16.5. The molecule has 1 N–H and O–H groups in total. The molecule has 3 aromatic rings. The summed E-state index contributed by atoms with van der Waals surface area (Å²) in [5.41, 5.74) is 2.36. The van der Waals surface area contributed by atoms with Crippen LogP contribution in [0.1, 0.15) is 32.1 Å². The van der Waals surface area contributed by atoms with Crippen molar-refractivity contribution in [1.82, 2.24) is 14.8 Å². The summed E-state index contributed by atoms with van der Waals surface area (Å²) in [6, 6.07) is 14.6. The van der Waals surface area contributed by atoms with E-state index in [1.165, 1.54) is 25.4 Å². The Morgan fingerprint density at radius 2 is 1.92 bits per heavy atom. The third-order valence-electron chi connectivity index (χ3n) is 3.74. The number of anilines is 1. The fourth-order valence-electron chi connectivity index (χ4n) is 2.47. The van der Waals surface area contributed by atoms with Crippen molar-refractivity contribution >= 4 is 17.7 Å². The van der Waals surface area contributed by atoms with E-state index >= 15 is 0 Å². The first-order chi connectivity index (χ1) is 12.6. The van der Waals surface area contributed by atoms with Crippen molar-refractivity contribution in [2.24, 2.45) is 0 Å². The van der Waals surface area contributed by atoms with Crippen molar-refractivity contribution in [3.63, 3.8) is 0 Å². The number of ether oxygens (including phenoxy) is 1. The highest BCUT2D eigenvalue weighted by Gasteiger charge is 2.14. The van der Waals surface area contributed by atoms with Crippen LogP contribution in [0.4, 0.5) is 5.82 Å². The van der Waals surface area contributed by atoms with Crippen LogP contribution in [0.15, 0.2) is 54.7 Å². The molecule has 0 atom stereocenters. The lowest BCUT2D eigenvalue weighted by Crippen LogP contribution is -2.17. The first-order valence-corrected chi connectivity index (χ1v) is 8.01. The van der Waals surface area contributed by atoms with Crippen LogP contribution in [0.3, 0.4) is 0 Å². The number of nitrogens with one attached hydrogen (secondary N) is 1. The molecule has 0 saturated carbocycles. The van der Waals surface area contributed by atoms with E-state index in [-0.39, 0.29) is 17.2 Å². The second kappa shape index (κ2) is 7.60. The number of amides is 1. The fourth-order valence-corrected chi connectivity index (χ4v) is 2.47. The van der Waals surface area contributed by atoms with Gasteiger partial charge in [0, 0.05) is 12.3 Å². The van der Waals surface area contributed by atoms with Gasteiger partial charge in [-0.2, -0.15) is 5.10 Å². The molecule has 0 aliphatic heterocycles. The molecule has 0 spiro atoms. The number of nitrogens with zero attached hydrogens (tertiary/aromatic N) is 3. The van der Waals surface area contributed by atoms with Gasteiger partial charge in [-0.15, -0.1) is 0 Å². The van der Waals surface area contributed by atoms with E-state index in [0.717, 1.165) is 11.3 Å². The molecule has 0 unspecified atom stereocenters. The van der Waals surface area contributed by atoms with Gasteiger partial charge in [0.1, 0.15) is 11.5 Å². The van der Waals surface area contributed by atoms with Gasteiger partial charge in [0.2, 0.25) is 0 Å². The normalized spacial score (nSPS) is 10.4. The zero-order chi connectivity index (χ0) is 18.5. The number of aromatic nitrogens is 3. The summed E-state index contributed by atoms with van der Waals surface area (Å²) in [5, 5.41) is 7.23. The number of carbonyl (C=O) groups excluding carboxylic acids is 2. The van der Waals surface area contributed by atoms with Gasteiger partial charge < -0.3 is 10.1 Å². The predicted octanol–water partition coefficient (Wildman–Crippen LogP) is 2.67. The van der Waals surface area contributed by atoms with Crippen molar-refractivity contribution < 1.29 is 14.3 Å². The molecule has 26 heavy (non-hydrogen) atoms. The average Bonchev–Trinajstić information content (AvgIpc) is 3.00.